The molecule has 23 heavy (non-hydrogen) atoms. The lowest BCUT2D eigenvalue weighted by Gasteiger charge is -2.43. The number of halogens is 2. The molecule has 4 nitrogen and oxygen atoms in total. The molecule has 1 fully saturated rings. The van der Waals surface area contributed by atoms with E-state index in [1.54, 1.807) is 26.3 Å². The highest BCUT2D eigenvalue weighted by Crippen LogP contribution is 2.43. The molecule has 0 amide bonds. The smallest absolute Gasteiger partial charge is 0.191 e. The van der Waals surface area contributed by atoms with Gasteiger partial charge in [0.05, 0.1) is 6.61 Å². The van der Waals surface area contributed by atoms with Gasteiger partial charge in [-0.15, -0.1) is 24.0 Å². The molecule has 0 heterocycles. The van der Waals surface area contributed by atoms with Gasteiger partial charge in [0.2, 0.25) is 0 Å². The van der Waals surface area contributed by atoms with Gasteiger partial charge in [0.1, 0.15) is 5.82 Å². The summed E-state index contributed by atoms with van der Waals surface area (Å²) in [6, 6.07) is 7.09. The third-order valence-electron chi connectivity index (χ3n) is 4.38. The minimum Gasteiger partial charge on any atom is -0.383 e. The van der Waals surface area contributed by atoms with Crippen LogP contribution in [-0.2, 0) is 10.2 Å². The molecule has 1 saturated carbocycles. The number of methoxy groups -OCH3 is 1. The molecule has 0 aliphatic heterocycles. The van der Waals surface area contributed by atoms with Crippen molar-refractivity contribution in [2.45, 2.75) is 37.6 Å². The van der Waals surface area contributed by atoms with Crippen molar-refractivity contribution in [1.82, 2.24) is 10.6 Å². The summed E-state index contributed by atoms with van der Waals surface area (Å²) < 4.78 is 18.3. The van der Waals surface area contributed by atoms with Crippen molar-refractivity contribution in [2.75, 3.05) is 27.3 Å². The molecule has 1 unspecified atom stereocenters. The van der Waals surface area contributed by atoms with Crippen LogP contribution >= 0.6 is 24.0 Å². The maximum absolute atomic E-state index is 13.1. The van der Waals surface area contributed by atoms with Crippen LogP contribution in [-0.4, -0.2) is 39.3 Å². The Kier molecular flexibility index (Phi) is 8.25. The van der Waals surface area contributed by atoms with Crippen molar-refractivity contribution in [3.05, 3.63) is 35.6 Å². The van der Waals surface area contributed by atoms with Gasteiger partial charge in [-0.2, -0.15) is 0 Å². The molecule has 2 N–H and O–H groups in total. The summed E-state index contributed by atoms with van der Waals surface area (Å²) in [6.45, 7) is 3.48. The summed E-state index contributed by atoms with van der Waals surface area (Å²) in [5.74, 6) is 0.593. The fraction of sp³-hybridized carbons (Fsp3) is 0.588. The zero-order valence-electron chi connectivity index (χ0n) is 14.1. The Balaban J connectivity index is 0.00000264. The van der Waals surface area contributed by atoms with E-state index in [0.29, 0.717) is 6.61 Å². The van der Waals surface area contributed by atoms with Crippen LogP contribution in [0, 0.1) is 5.82 Å². The van der Waals surface area contributed by atoms with Crippen molar-refractivity contribution in [3.63, 3.8) is 0 Å². The van der Waals surface area contributed by atoms with Crippen LogP contribution in [0.2, 0.25) is 0 Å². The molecule has 1 aromatic carbocycles. The van der Waals surface area contributed by atoms with Crippen LogP contribution in [0.1, 0.15) is 31.7 Å². The molecule has 2 rings (SSSR count). The number of ether oxygens (including phenoxy) is 1. The van der Waals surface area contributed by atoms with Gasteiger partial charge in [0.15, 0.2) is 5.96 Å². The number of hydrogen-bond donors (Lipinski definition) is 2. The quantitative estimate of drug-likeness (QED) is 0.410. The Bertz CT molecular complexity index is 503. The van der Waals surface area contributed by atoms with Crippen LogP contribution in [0.25, 0.3) is 0 Å². The van der Waals surface area contributed by atoms with E-state index in [-0.39, 0.29) is 41.3 Å². The Morgan fingerprint density at radius 2 is 2.00 bits per heavy atom. The lowest BCUT2D eigenvalue weighted by molar-refractivity contribution is 0.178. The van der Waals surface area contributed by atoms with Crippen LogP contribution in [0.3, 0.4) is 0 Å². The van der Waals surface area contributed by atoms with Gasteiger partial charge < -0.3 is 15.4 Å². The molecule has 0 aromatic heterocycles. The maximum Gasteiger partial charge on any atom is 0.191 e. The van der Waals surface area contributed by atoms with Crippen molar-refractivity contribution < 1.29 is 9.13 Å². The monoisotopic (exact) mass is 435 g/mol. The van der Waals surface area contributed by atoms with E-state index in [1.807, 2.05) is 12.1 Å². The largest absolute Gasteiger partial charge is 0.383 e. The normalized spacial score (nSPS) is 17.7. The SMILES string of the molecule is CN=C(NCC1(c2ccc(F)cc2)CCC1)NC(C)COC.I. The molecule has 0 bridgehead atoms. The maximum atomic E-state index is 13.1. The van der Waals surface area contributed by atoms with E-state index in [4.69, 9.17) is 4.74 Å². The number of aliphatic imine (C=N–C) groups is 1. The van der Waals surface area contributed by atoms with E-state index in [1.165, 1.54) is 12.0 Å². The summed E-state index contributed by atoms with van der Waals surface area (Å²) in [6.07, 6.45) is 3.46. The van der Waals surface area contributed by atoms with Crippen LogP contribution in [0.4, 0.5) is 4.39 Å². The first-order valence-corrected chi connectivity index (χ1v) is 7.82. The second kappa shape index (κ2) is 9.42. The van der Waals surface area contributed by atoms with Gasteiger partial charge in [-0.3, -0.25) is 4.99 Å². The summed E-state index contributed by atoms with van der Waals surface area (Å²) in [5.41, 5.74) is 1.29. The van der Waals surface area contributed by atoms with Gasteiger partial charge in [-0.05, 0) is 37.5 Å². The summed E-state index contributed by atoms with van der Waals surface area (Å²) in [5, 5.41) is 6.71. The Morgan fingerprint density at radius 1 is 1.35 bits per heavy atom. The predicted octanol–water partition coefficient (Wildman–Crippen LogP) is 3.07. The number of nitrogens with zero attached hydrogens (tertiary/aromatic N) is 1. The third-order valence-corrected chi connectivity index (χ3v) is 4.38. The molecule has 6 heteroatoms. The van der Waals surface area contributed by atoms with Crippen LogP contribution < -0.4 is 10.6 Å². The zero-order valence-corrected chi connectivity index (χ0v) is 16.4. The molecule has 1 aliphatic carbocycles. The lowest BCUT2D eigenvalue weighted by atomic mass is 9.64. The Labute approximate surface area is 155 Å². The molecule has 1 aliphatic rings. The first-order valence-electron chi connectivity index (χ1n) is 7.82. The third kappa shape index (κ3) is 5.31. The first kappa shape index (κ1) is 20.2. The summed E-state index contributed by atoms with van der Waals surface area (Å²) >= 11 is 0. The topological polar surface area (TPSA) is 45.7 Å². The van der Waals surface area contributed by atoms with Crippen LogP contribution in [0.15, 0.2) is 29.3 Å². The van der Waals surface area contributed by atoms with Gasteiger partial charge in [0, 0.05) is 32.2 Å². The predicted molar refractivity (Wildman–Crippen MR) is 103 cm³/mol. The summed E-state index contributed by atoms with van der Waals surface area (Å²) in [7, 11) is 3.45. The van der Waals surface area contributed by atoms with Crippen molar-refractivity contribution in [2.24, 2.45) is 4.99 Å². The number of nitrogens with one attached hydrogen (secondary N) is 2. The van der Waals surface area contributed by atoms with Gasteiger partial charge >= 0.3 is 0 Å². The number of rotatable bonds is 6. The minimum absolute atomic E-state index is 0. The van der Waals surface area contributed by atoms with E-state index < -0.39 is 0 Å². The van der Waals surface area contributed by atoms with E-state index in [2.05, 4.69) is 22.5 Å². The van der Waals surface area contributed by atoms with Crippen molar-refractivity contribution in [1.29, 1.82) is 0 Å². The van der Waals surface area contributed by atoms with Gasteiger partial charge in [-0.1, -0.05) is 18.6 Å². The zero-order chi connectivity index (χ0) is 16.0. The molecule has 1 atom stereocenters. The van der Waals surface area contributed by atoms with Gasteiger partial charge in [-0.25, -0.2) is 4.39 Å². The molecule has 0 saturated heterocycles. The highest BCUT2D eigenvalue weighted by Gasteiger charge is 2.38. The standard InChI is InChI=1S/C17H26FN3O.HI/c1-13(11-22-3)21-16(19-2)20-12-17(9-4-10-17)14-5-7-15(18)8-6-14;/h5-8,13H,4,9-12H2,1-3H3,(H2,19,20,21);1H. The fourth-order valence-electron chi connectivity index (χ4n) is 2.95. The highest BCUT2D eigenvalue weighted by molar-refractivity contribution is 14.0. The first-order chi connectivity index (χ1) is 10.6. The highest BCUT2D eigenvalue weighted by atomic mass is 127. The van der Waals surface area contributed by atoms with Crippen LogP contribution in [0.5, 0.6) is 0 Å². The fourth-order valence-corrected chi connectivity index (χ4v) is 2.95. The van der Waals surface area contributed by atoms with Crippen molar-refractivity contribution in [3.8, 4) is 0 Å². The average molecular weight is 435 g/mol. The number of guanidine groups is 1. The molecular formula is C17H27FIN3O. The van der Waals surface area contributed by atoms with E-state index >= 15 is 0 Å². The Hall–Kier alpha value is -0.890. The van der Waals surface area contributed by atoms with Crippen molar-refractivity contribution >= 4 is 29.9 Å². The molecule has 130 valence electrons. The molecule has 1 aromatic rings. The molecular weight excluding hydrogens is 408 g/mol. The molecule has 0 radical (unpaired) electrons. The van der Waals surface area contributed by atoms with Gasteiger partial charge in [0.25, 0.3) is 0 Å². The van der Waals surface area contributed by atoms with E-state index in [9.17, 15) is 4.39 Å². The number of hydrogen-bond acceptors (Lipinski definition) is 2. The number of benzene rings is 1. The molecule has 0 spiro atoms. The Morgan fingerprint density at radius 3 is 2.48 bits per heavy atom. The van der Waals surface area contributed by atoms with E-state index in [0.717, 1.165) is 25.3 Å². The summed E-state index contributed by atoms with van der Waals surface area (Å²) in [4.78, 5) is 4.26. The second-order valence-corrected chi connectivity index (χ2v) is 6.07. The average Bonchev–Trinajstić information content (AvgIpc) is 2.46. The second-order valence-electron chi connectivity index (χ2n) is 6.07. The minimum atomic E-state index is -0.183. The lowest BCUT2D eigenvalue weighted by Crippen LogP contribution is -2.51.